The molecule has 0 fully saturated rings. The summed E-state index contributed by atoms with van der Waals surface area (Å²) in [6.07, 6.45) is 0. The molecule has 0 unspecified atom stereocenters. The van der Waals surface area contributed by atoms with Crippen molar-refractivity contribution in [1.29, 1.82) is 0 Å². The first-order chi connectivity index (χ1) is 13.5. The van der Waals surface area contributed by atoms with Crippen molar-refractivity contribution < 1.29 is 23.9 Å². The highest BCUT2D eigenvalue weighted by Crippen LogP contribution is 2.22. The van der Waals surface area contributed by atoms with Crippen molar-refractivity contribution in [2.45, 2.75) is 6.92 Å². The summed E-state index contributed by atoms with van der Waals surface area (Å²) >= 11 is 5.88. The van der Waals surface area contributed by atoms with Gasteiger partial charge in [-0.3, -0.25) is 25.2 Å². The largest absolute Gasteiger partial charge is 0.496 e. The molecule has 3 N–H and O–H groups in total. The summed E-state index contributed by atoms with van der Waals surface area (Å²) in [6.45, 7) is 1.87. The van der Waals surface area contributed by atoms with E-state index < -0.39 is 17.7 Å². The molecule has 0 atom stereocenters. The van der Waals surface area contributed by atoms with Crippen LogP contribution in [0.15, 0.2) is 42.5 Å². The summed E-state index contributed by atoms with van der Waals surface area (Å²) in [5.41, 5.74) is 4.93. The van der Waals surface area contributed by atoms with Crippen LogP contribution in [-0.4, -0.2) is 38.0 Å². The number of ether oxygens (including phenoxy) is 2. The van der Waals surface area contributed by atoms with Crippen LogP contribution in [0.3, 0.4) is 0 Å². The molecule has 0 heterocycles. The zero-order valence-electron chi connectivity index (χ0n) is 15.4. The number of methoxy groups -OCH3 is 1. The van der Waals surface area contributed by atoms with E-state index in [0.29, 0.717) is 28.7 Å². The lowest BCUT2D eigenvalue weighted by Crippen LogP contribution is -2.46. The van der Waals surface area contributed by atoms with E-state index >= 15 is 0 Å². The van der Waals surface area contributed by atoms with Gasteiger partial charge in [-0.1, -0.05) is 23.7 Å². The van der Waals surface area contributed by atoms with Crippen LogP contribution in [-0.2, 0) is 4.79 Å². The summed E-state index contributed by atoms with van der Waals surface area (Å²) in [5.74, 6) is -0.972. The Labute approximate surface area is 167 Å². The highest BCUT2D eigenvalue weighted by molar-refractivity contribution is 6.31. The molecule has 2 aromatic carbocycles. The maximum atomic E-state index is 12.2. The molecule has 0 aliphatic carbocycles. The van der Waals surface area contributed by atoms with Gasteiger partial charge in [0.1, 0.15) is 11.5 Å². The van der Waals surface area contributed by atoms with Gasteiger partial charge in [0.25, 0.3) is 17.7 Å². The van der Waals surface area contributed by atoms with Crippen LogP contribution in [0.4, 0.5) is 0 Å². The van der Waals surface area contributed by atoms with Crippen molar-refractivity contribution >= 4 is 29.3 Å². The molecule has 0 saturated carbocycles. The molecule has 0 aliphatic heterocycles. The fraction of sp³-hybridized carbons (Fsp3) is 0.211. The number of nitrogens with one attached hydrogen (secondary N) is 3. The normalized spacial score (nSPS) is 9.96. The quantitative estimate of drug-likeness (QED) is 0.610. The van der Waals surface area contributed by atoms with E-state index in [2.05, 4.69) is 16.2 Å². The second-order valence-corrected chi connectivity index (χ2v) is 5.90. The maximum absolute atomic E-state index is 12.2. The Morgan fingerprint density at radius 1 is 0.964 bits per heavy atom. The van der Waals surface area contributed by atoms with Gasteiger partial charge in [-0.15, -0.1) is 0 Å². The fourth-order valence-electron chi connectivity index (χ4n) is 2.29. The van der Waals surface area contributed by atoms with Gasteiger partial charge in [-0.2, -0.15) is 0 Å². The number of hydrazine groups is 1. The molecule has 0 saturated heterocycles. The van der Waals surface area contributed by atoms with Crippen LogP contribution in [0.2, 0.25) is 5.02 Å². The number of rotatable bonds is 7. The lowest BCUT2D eigenvalue weighted by molar-refractivity contribution is -0.120. The van der Waals surface area contributed by atoms with Crippen LogP contribution in [0, 0.1) is 0 Å². The maximum Gasteiger partial charge on any atom is 0.273 e. The highest BCUT2D eigenvalue weighted by atomic mass is 35.5. The fourth-order valence-corrected chi connectivity index (χ4v) is 2.46. The molecule has 0 radical (unpaired) electrons. The molecule has 2 aromatic rings. The number of carbonyl (C=O) groups excluding carboxylic acids is 3. The van der Waals surface area contributed by atoms with E-state index in [1.807, 2.05) is 0 Å². The monoisotopic (exact) mass is 405 g/mol. The number of halogens is 1. The first kappa shape index (κ1) is 21.0. The summed E-state index contributed by atoms with van der Waals surface area (Å²) in [4.78, 5) is 36.3. The molecule has 28 heavy (non-hydrogen) atoms. The minimum absolute atomic E-state index is 0.157. The Kier molecular flexibility index (Phi) is 7.65. The minimum Gasteiger partial charge on any atom is -0.496 e. The summed E-state index contributed by atoms with van der Waals surface area (Å²) in [6, 6.07) is 11.2. The molecular formula is C19H20ClN3O5. The third kappa shape index (κ3) is 5.62. The van der Waals surface area contributed by atoms with Crippen molar-refractivity contribution in [3.63, 3.8) is 0 Å². The van der Waals surface area contributed by atoms with Crippen LogP contribution < -0.4 is 25.6 Å². The van der Waals surface area contributed by atoms with Gasteiger partial charge < -0.3 is 14.8 Å². The van der Waals surface area contributed by atoms with Gasteiger partial charge in [0.15, 0.2) is 0 Å². The lowest BCUT2D eigenvalue weighted by Gasteiger charge is -2.12. The standard InChI is InChI=1S/C19H20ClN3O5/c1-3-28-16-7-5-4-6-13(16)18(25)21-11-17(24)22-23-19(26)14-10-12(20)8-9-15(14)27-2/h4-10H,3,11H2,1-2H3,(H,21,25)(H,22,24)(H,23,26). The van der Waals surface area contributed by atoms with E-state index in [9.17, 15) is 14.4 Å². The Balaban J connectivity index is 1.89. The number of hydrogen-bond acceptors (Lipinski definition) is 5. The second kappa shape index (κ2) is 10.2. The molecule has 9 heteroatoms. The number of amides is 3. The van der Waals surface area contributed by atoms with E-state index in [1.54, 1.807) is 37.3 Å². The molecular weight excluding hydrogens is 386 g/mol. The van der Waals surface area contributed by atoms with Crippen molar-refractivity contribution in [3.05, 3.63) is 58.6 Å². The van der Waals surface area contributed by atoms with Gasteiger partial charge in [0.2, 0.25) is 0 Å². The van der Waals surface area contributed by atoms with Crippen LogP contribution >= 0.6 is 11.6 Å². The predicted molar refractivity (Wildman–Crippen MR) is 104 cm³/mol. The predicted octanol–water partition coefficient (Wildman–Crippen LogP) is 1.94. The number of hydrogen-bond donors (Lipinski definition) is 3. The van der Waals surface area contributed by atoms with Gasteiger partial charge in [0, 0.05) is 5.02 Å². The van der Waals surface area contributed by atoms with E-state index in [-0.39, 0.29) is 12.1 Å². The van der Waals surface area contributed by atoms with Crippen molar-refractivity contribution in [3.8, 4) is 11.5 Å². The Morgan fingerprint density at radius 3 is 2.43 bits per heavy atom. The summed E-state index contributed by atoms with van der Waals surface area (Å²) in [7, 11) is 1.41. The van der Waals surface area contributed by atoms with E-state index in [4.69, 9.17) is 21.1 Å². The molecule has 3 amide bonds. The highest BCUT2D eigenvalue weighted by Gasteiger charge is 2.15. The lowest BCUT2D eigenvalue weighted by atomic mass is 10.2. The van der Waals surface area contributed by atoms with Gasteiger partial charge in [-0.05, 0) is 37.3 Å². The first-order valence-corrected chi connectivity index (χ1v) is 8.76. The molecule has 0 aromatic heterocycles. The van der Waals surface area contributed by atoms with Gasteiger partial charge in [-0.25, -0.2) is 0 Å². The van der Waals surface area contributed by atoms with Gasteiger partial charge >= 0.3 is 0 Å². The molecule has 8 nitrogen and oxygen atoms in total. The van der Waals surface area contributed by atoms with Crippen LogP contribution in [0.25, 0.3) is 0 Å². The molecule has 0 spiro atoms. The van der Waals surface area contributed by atoms with Crippen LogP contribution in [0.5, 0.6) is 11.5 Å². The third-order valence-electron chi connectivity index (χ3n) is 3.56. The van der Waals surface area contributed by atoms with Crippen molar-refractivity contribution in [2.24, 2.45) is 0 Å². The number of carbonyl (C=O) groups is 3. The molecule has 0 bridgehead atoms. The van der Waals surface area contributed by atoms with Gasteiger partial charge in [0.05, 0.1) is 31.4 Å². The van der Waals surface area contributed by atoms with E-state index in [1.165, 1.54) is 19.2 Å². The topological polar surface area (TPSA) is 106 Å². The summed E-state index contributed by atoms with van der Waals surface area (Å²) < 4.78 is 10.5. The van der Waals surface area contributed by atoms with Crippen molar-refractivity contribution in [1.82, 2.24) is 16.2 Å². The molecule has 2 rings (SSSR count). The Bertz CT molecular complexity index is 872. The SMILES string of the molecule is CCOc1ccccc1C(=O)NCC(=O)NNC(=O)c1cc(Cl)ccc1OC. The molecule has 148 valence electrons. The number of benzene rings is 2. The second-order valence-electron chi connectivity index (χ2n) is 5.46. The number of para-hydroxylation sites is 1. The molecule has 0 aliphatic rings. The zero-order chi connectivity index (χ0) is 20.5. The van der Waals surface area contributed by atoms with E-state index in [0.717, 1.165) is 0 Å². The van der Waals surface area contributed by atoms with Crippen molar-refractivity contribution in [2.75, 3.05) is 20.3 Å². The summed E-state index contributed by atoms with van der Waals surface area (Å²) in [5, 5.41) is 2.81. The Hall–Kier alpha value is -3.26. The van der Waals surface area contributed by atoms with Crippen LogP contribution in [0.1, 0.15) is 27.6 Å². The minimum atomic E-state index is -0.614. The average molecular weight is 406 g/mol. The first-order valence-electron chi connectivity index (χ1n) is 8.39. The average Bonchev–Trinajstić information content (AvgIpc) is 2.70. The third-order valence-corrected chi connectivity index (χ3v) is 3.80. The zero-order valence-corrected chi connectivity index (χ0v) is 16.1. The Morgan fingerprint density at radius 2 is 1.71 bits per heavy atom. The smallest absolute Gasteiger partial charge is 0.273 e.